The van der Waals surface area contributed by atoms with E-state index in [4.69, 9.17) is 4.74 Å². The van der Waals surface area contributed by atoms with Crippen LogP contribution in [0.15, 0.2) is 116 Å². The molecule has 0 aliphatic rings. The summed E-state index contributed by atoms with van der Waals surface area (Å²) in [4.78, 5) is 26.1. The number of esters is 1. The van der Waals surface area contributed by atoms with E-state index in [2.05, 4.69) is 30.6 Å². The molecule has 1 N–H and O–H groups in total. The number of aryl methyl sites for hydroxylation is 1. The van der Waals surface area contributed by atoms with Crippen molar-refractivity contribution in [3.05, 3.63) is 150 Å². The number of ether oxygens (including phenoxy) is 1. The van der Waals surface area contributed by atoms with Crippen molar-refractivity contribution < 1.29 is 27.5 Å². The highest BCUT2D eigenvalue weighted by Gasteiger charge is 2.30. The Labute approximate surface area is 255 Å². The molecule has 4 aromatic rings. The van der Waals surface area contributed by atoms with Crippen LogP contribution in [0.2, 0.25) is 0 Å². The second-order valence-electron chi connectivity index (χ2n) is 10.4. The first-order valence-corrected chi connectivity index (χ1v) is 14.3. The van der Waals surface area contributed by atoms with E-state index in [9.17, 15) is 22.8 Å². The second-order valence-corrected chi connectivity index (χ2v) is 10.4. The molecule has 0 fully saturated rings. The van der Waals surface area contributed by atoms with Crippen LogP contribution < -0.4 is 5.32 Å². The predicted octanol–water partition coefficient (Wildman–Crippen LogP) is 9.57. The van der Waals surface area contributed by atoms with Crippen LogP contribution in [0.4, 0.5) is 18.9 Å². The van der Waals surface area contributed by atoms with Gasteiger partial charge in [0.15, 0.2) is 0 Å². The zero-order chi connectivity index (χ0) is 31.7. The normalized spacial score (nSPS) is 11.8. The number of carbonyl (C=O) groups excluding carboxylic acids is 2. The fourth-order valence-electron chi connectivity index (χ4n) is 5.14. The number of rotatable bonds is 12. The predicted molar refractivity (Wildman–Crippen MR) is 169 cm³/mol. The van der Waals surface area contributed by atoms with Crippen LogP contribution in [0.1, 0.15) is 61.7 Å². The summed E-state index contributed by atoms with van der Waals surface area (Å²) in [6, 6.07) is 24.4. The van der Waals surface area contributed by atoms with Gasteiger partial charge in [-0.1, -0.05) is 66.7 Å². The van der Waals surface area contributed by atoms with Crippen LogP contribution in [0.5, 0.6) is 0 Å². The summed E-state index contributed by atoms with van der Waals surface area (Å²) in [5.41, 5.74) is 4.42. The molecule has 4 aromatic carbocycles. The lowest BCUT2D eigenvalue weighted by molar-refractivity contribution is -0.137. The highest BCUT2D eigenvalue weighted by molar-refractivity contribution is 6.09. The third-order valence-corrected chi connectivity index (χ3v) is 7.42. The lowest BCUT2D eigenvalue weighted by atomic mass is 9.88. The Balaban J connectivity index is 1.41. The van der Waals surface area contributed by atoms with E-state index < -0.39 is 23.6 Å². The minimum Gasteiger partial charge on any atom is -0.462 e. The summed E-state index contributed by atoms with van der Waals surface area (Å²) in [6.45, 7) is 9.74. The Hall–Kier alpha value is -4.91. The van der Waals surface area contributed by atoms with E-state index >= 15 is 0 Å². The first kappa shape index (κ1) is 32.0. The molecule has 0 aromatic heterocycles. The minimum atomic E-state index is -4.45. The van der Waals surface area contributed by atoms with Crippen LogP contribution in [-0.2, 0) is 17.3 Å². The van der Waals surface area contributed by atoms with Gasteiger partial charge in [-0.05, 0) is 96.3 Å². The molecule has 0 aliphatic carbocycles. The Morgan fingerprint density at radius 2 is 1.61 bits per heavy atom. The maximum Gasteiger partial charge on any atom is 0.416 e. The highest BCUT2D eigenvalue weighted by atomic mass is 19.4. The Morgan fingerprint density at radius 3 is 2.30 bits per heavy atom. The summed E-state index contributed by atoms with van der Waals surface area (Å²) >= 11 is 0. The van der Waals surface area contributed by atoms with Crippen molar-refractivity contribution in [1.82, 2.24) is 0 Å². The monoisotopic (exact) mass is 597 g/mol. The molecule has 0 saturated carbocycles. The molecule has 0 saturated heterocycles. The van der Waals surface area contributed by atoms with E-state index in [1.165, 1.54) is 23.3 Å². The molecule has 1 atom stereocenters. The molecule has 0 bridgehead atoms. The van der Waals surface area contributed by atoms with Gasteiger partial charge in [0.05, 0.1) is 17.7 Å². The fourth-order valence-corrected chi connectivity index (χ4v) is 5.14. The van der Waals surface area contributed by atoms with Gasteiger partial charge in [0.1, 0.15) is 0 Å². The molecular weight excluding hydrogens is 563 g/mol. The van der Waals surface area contributed by atoms with Crippen LogP contribution in [0.3, 0.4) is 0 Å². The fraction of sp³-hybridized carbons (Fsp3) is 0.189. The van der Waals surface area contributed by atoms with E-state index in [1.54, 1.807) is 49.4 Å². The molecule has 1 amide bonds. The average molecular weight is 598 g/mol. The van der Waals surface area contributed by atoms with Gasteiger partial charge in [-0.3, -0.25) is 4.79 Å². The van der Waals surface area contributed by atoms with E-state index in [1.807, 2.05) is 24.3 Å². The number of anilines is 1. The van der Waals surface area contributed by atoms with E-state index in [0.29, 0.717) is 39.9 Å². The first-order valence-electron chi connectivity index (χ1n) is 14.3. The Kier molecular flexibility index (Phi) is 10.6. The lowest BCUT2D eigenvalue weighted by Crippen LogP contribution is -2.15. The summed E-state index contributed by atoms with van der Waals surface area (Å²) in [5.74, 6) is -0.736. The third-order valence-electron chi connectivity index (χ3n) is 7.42. The first-order chi connectivity index (χ1) is 21.1. The van der Waals surface area contributed by atoms with Crippen LogP contribution in [0, 0.1) is 6.92 Å². The quantitative estimate of drug-likeness (QED) is 0.131. The lowest BCUT2D eigenvalue weighted by Gasteiger charge is -2.19. The molecule has 1 unspecified atom stereocenters. The number of alkyl halides is 3. The third kappa shape index (κ3) is 7.92. The summed E-state index contributed by atoms with van der Waals surface area (Å²) in [7, 11) is 0. The molecule has 0 radical (unpaired) electrons. The van der Waals surface area contributed by atoms with Crippen LogP contribution in [-0.4, -0.2) is 18.5 Å². The zero-order valence-corrected chi connectivity index (χ0v) is 24.5. The molecule has 4 rings (SSSR count). The van der Waals surface area contributed by atoms with Crippen LogP contribution >= 0.6 is 0 Å². The van der Waals surface area contributed by atoms with Gasteiger partial charge in [-0.2, -0.15) is 13.2 Å². The van der Waals surface area contributed by atoms with E-state index in [0.717, 1.165) is 25.0 Å². The summed E-state index contributed by atoms with van der Waals surface area (Å²) < 4.78 is 44.6. The SMILES string of the molecule is C=CCc1ccccc1C(CC=C)CCOC(=O)c1ccc(NC(=O)c2ccccc2-c2ccc(C(F)(F)F)cc2)c(C)c1. The smallest absolute Gasteiger partial charge is 0.416 e. The molecule has 0 aliphatic heterocycles. The van der Waals surface area contributed by atoms with Gasteiger partial charge in [-0.25, -0.2) is 4.79 Å². The number of hydrogen-bond acceptors (Lipinski definition) is 3. The van der Waals surface area contributed by atoms with Gasteiger partial charge in [0.2, 0.25) is 0 Å². The molecule has 44 heavy (non-hydrogen) atoms. The van der Waals surface area contributed by atoms with Gasteiger partial charge in [0, 0.05) is 11.3 Å². The highest BCUT2D eigenvalue weighted by Crippen LogP contribution is 2.32. The van der Waals surface area contributed by atoms with Crippen molar-refractivity contribution in [3.63, 3.8) is 0 Å². The second kappa shape index (κ2) is 14.5. The molecular formula is C37H34F3NO3. The van der Waals surface area contributed by atoms with Gasteiger partial charge < -0.3 is 10.1 Å². The summed E-state index contributed by atoms with van der Waals surface area (Å²) in [5, 5.41) is 2.86. The standard InChI is InChI=1S/C37H34F3NO3/c1-4-10-26-12-6-7-13-31(26)27(11-5-2)22-23-44-36(43)29-18-21-34(25(3)24-29)41-35(42)33-15-9-8-14-32(33)28-16-19-30(20-17-28)37(38,39)40/h4-9,12-21,24,27H,1-2,10-11,22-23H2,3H3,(H,41,42). The van der Waals surface area contributed by atoms with Crippen molar-refractivity contribution >= 4 is 17.6 Å². The minimum absolute atomic E-state index is 0.154. The van der Waals surface area contributed by atoms with Crippen molar-refractivity contribution in [2.75, 3.05) is 11.9 Å². The topological polar surface area (TPSA) is 55.4 Å². The molecule has 226 valence electrons. The number of carbonyl (C=O) groups is 2. The van der Waals surface area contributed by atoms with Crippen molar-refractivity contribution in [2.24, 2.45) is 0 Å². The maximum atomic E-state index is 13.3. The van der Waals surface area contributed by atoms with Crippen molar-refractivity contribution in [3.8, 4) is 11.1 Å². The van der Waals surface area contributed by atoms with Crippen molar-refractivity contribution in [1.29, 1.82) is 0 Å². The number of halogens is 3. The van der Waals surface area contributed by atoms with E-state index in [-0.39, 0.29) is 12.5 Å². The van der Waals surface area contributed by atoms with Gasteiger partial charge in [-0.15, -0.1) is 13.2 Å². The van der Waals surface area contributed by atoms with Gasteiger partial charge >= 0.3 is 12.1 Å². The number of benzene rings is 4. The molecule has 0 heterocycles. The zero-order valence-electron chi connectivity index (χ0n) is 24.5. The van der Waals surface area contributed by atoms with Crippen LogP contribution in [0.25, 0.3) is 11.1 Å². The maximum absolute atomic E-state index is 13.3. The Bertz CT molecular complexity index is 1640. The van der Waals surface area contributed by atoms with Crippen molar-refractivity contribution in [2.45, 2.75) is 38.3 Å². The number of allylic oxidation sites excluding steroid dienone is 2. The van der Waals surface area contributed by atoms with Gasteiger partial charge in [0.25, 0.3) is 5.91 Å². The number of hydrogen-bond donors (Lipinski definition) is 1. The molecule has 7 heteroatoms. The Morgan fingerprint density at radius 1 is 0.909 bits per heavy atom. The number of amides is 1. The largest absolute Gasteiger partial charge is 0.462 e. The average Bonchev–Trinajstić information content (AvgIpc) is 3.01. The summed E-state index contributed by atoms with van der Waals surface area (Å²) in [6.07, 6.45) is 1.44. The number of nitrogens with one attached hydrogen (secondary N) is 1. The molecule has 4 nitrogen and oxygen atoms in total. The molecule has 0 spiro atoms.